The third kappa shape index (κ3) is 4.95. The quantitative estimate of drug-likeness (QED) is 0.703. The van der Waals surface area contributed by atoms with Crippen molar-refractivity contribution in [3.63, 3.8) is 0 Å². The van der Waals surface area contributed by atoms with E-state index >= 15 is 0 Å². The third-order valence-electron chi connectivity index (χ3n) is 3.23. The Morgan fingerprint density at radius 2 is 1.38 bits per heavy atom. The number of hydrogen-bond donors (Lipinski definition) is 0. The molecule has 0 saturated heterocycles. The molecule has 0 aliphatic rings. The number of alkyl halides is 1. The molecule has 0 aliphatic carbocycles. The van der Waals surface area contributed by atoms with Crippen molar-refractivity contribution < 1.29 is 8.42 Å². The van der Waals surface area contributed by atoms with Crippen molar-refractivity contribution in [1.82, 2.24) is 4.31 Å². The van der Waals surface area contributed by atoms with Gasteiger partial charge in [-0.15, -0.1) is 0 Å². The number of rotatable bonds is 7. The summed E-state index contributed by atoms with van der Waals surface area (Å²) in [4.78, 5) is 0. The summed E-state index contributed by atoms with van der Waals surface area (Å²) in [6.45, 7) is 0.883. The Bertz CT molecular complexity index is 644. The van der Waals surface area contributed by atoms with Crippen LogP contribution < -0.4 is 0 Å². The predicted molar refractivity (Wildman–Crippen MR) is 89.7 cm³/mol. The Labute approximate surface area is 134 Å². The Balaban J connectivity index is 2.10. The average molecular weight is 368 g/mol. The van der Waals surface area contributed by atoms with Crippen molar-refractivity contribution in [2.45, 2.75) is 13.0 Å². The lowest BCUT2D eigenvalue weighted by Gasteiger charge is -2.21. The molecule has 0 fully saturated rings. The number of halogens is 1. The van der Waals surface area contributed by atoms with E-state index in [1.54, 1.807) is 0 Å². The minimum Gasteiger partial charge on any atom is -0.211 e. The molecule has 0 bridgehead atoms. The molecule has 0 amide bonds. The number of sulfonamides is 1. The molecule has 112 valence electrons. The van der Waals surface area contributed by atoms with E-state index in [4.69, 9.17) is 0 Å². The zero-order valence-corrected chi connectivity index (χ0v) is 14.1. The van der Waals surface area contributed by atoms with Gasteiger partial charge in [-0.05, 0) is 17.5 Å². The van der Waals surface area contributed by atoms with Gasteiger partial charge in [-0.3, -0.25) is 0 Å². The van der Waals surface area contributed by atoms with Gasteiger partial charge < -0.3 is 0 Å². The molecule has 0 aromatic heterocycles. The molecule has 0 radical (unpaired) electrons. The van der Waals surface area contributed by atoms with Crippen molar-refractivity contribution in [3.8, 4) is 0 Å². The highest BCUT2D eigenvalue weighted by molar-refractivity contribution is 9.10. The fraction of sp³-hybridized carbons (Fsp3) is 0.250. The Hall–Kier alpha value is -1.17. The van der Waals surface area contributed by atoms with E-state index in [1.807, 2.05) is 60.7 Å². The first kappa shape index (κ1) is 16.2. The molecule has 2 aromatic rings. The van der Waals surface area contributed by atoms with Crippen LogP contribution in [0.4, 0.5) is 0 Å². The molecule has 2 aromatic carbocycles. The van der Waals surface area contributed by atoms with Gasteiger partial charge >= 0.3 is 0 Å². The summed E-state index contributed by atoms with van der Waals surface area (Å²) in [7, 11) is -3.28. The van der Waals surface area contributed by atoms with E-state index in [9.17, 15) is 8.42 Å². The Morgan fingerprint density at radius 1 is 0.857 bits per heavy atom. The fourth-order valence-electron chi connectivity index (χ4n) is 2.07. The summed E-state index contributed by atoms with van der Waals surface area (Å²) in [5, 5.41) is 0. The summed E-state index contributed by atoms with van der Waals surface area (Å²) in [6.07, 6.45) is 0.708. The fourth-order valence-corrected chi connectivity index (χ4v) is 3.79. The maximum absolute atomic E-state index is 12.2. The smallest absolute Gasteiger partial charge is 0.211 e. The van der Waals surface area contributed by atoms with Crippen LogP contribution in [0.25, 0.3) is 0 Å². The highest BCUT2D eigenvalue weighted by atomic mass is 79.9. The monoisotopic (exact) mass is 367 g/mol. The molecule has 0 heterocycles. The van der Waals surface area contributed by atoms with Crippen molar-refractivity contribution in [2.75, 3.05) is 11.2 Å². The van der Waals surface area contributed by atoms with Gasteiger partial charge in [0, 0.05) is 13.1 Å². The molecule has 21 heavy (non-hydrogen) atoms. The second-order valence-corrected chi connectivity index (χ2v) is 8.05. The highest BCUT2D eigenvalue weighted by Gasteiger charge is 2.20. The van der Waals surface area contributed by atoms with Crippen LogP contribution in [-0.2, 0) is 23.0 Å². The number of benzene rings is 2. The zero-order valence-electron chi connectivity index (χ0n) is 11.7. The van der Waals surface area contributed by atoms with E-state index in [2.05, 4.69) is 15.9 Å². The van der Waals surface area contributed by atoms with E-state index in [1.165, 1.54) is 4.31 Å². The zero-order chi connectivity index (χ0) is 15.1. The summed E-state index contributed by atoms with van der Waals surface area (Å²) in [6, 6.07) is 19.6. The van der Waals surface area contributed by atoms with Crippen LogP contribution in [0.15, 0.2) is 60.7 Å². The molecule has 0 atom stereocenters. The van der Waals surface area contributed by atoms with Crippen LogP contribution in [0.5, 0.6) is 0 Å². The normalized spacial score (nSPS) is 11.7. The Morgan fingerprint density at radius 3 is 1.90 bits per heavy atom. The molecule has 3 nitrogen and oxygen atoms in total. The maximum atomic E-state index is 12.2. The summed E-state index contributed by atoms with van der Waals surface area (Å²) in [5.74, 6) is 0. The largest absolute Gasteiger partial charge is 0.224 e. The first-order chi connectivity index (χ1) is 10.1. The Kier molecular flexibility index (Phi) is 5.96. The van der Waals surface area contributed by atoms with Gasteiger partial charge in [-0.1, -0.05) is 76.6 Å². The molecule has 0 unspecified atom stereocenters. The van der Waals surface area contributed by atoms with Gasteiger partial charge in [0.25, 0.3) is 0 Å². The molecule has 2 rings (SSSR count). The van der Waals surface area contributed by atoms with Gasteiger partial charge in [-0.2, -0.15) is 4.31 Å². The first-order valence-corrected chi connectivity index (χ1v) is 9.46. The average Bonchev–Trinajstić information content (AvgIpc) is 2.53. The van der Waals surface area contributed by atoms with Crippen LogP contribution in [0.3, 0.4) is 0 Å². The van der Waals surface area contributed by atoms with Crippen molar-refractivity contribution in [3.05, 3.63) is 71.8 Å². The van der Waals surface area contributed by atoms with E-state index in [-0.39, 0.29) is 4.66 Å². The van der Waals surface area contributed by atoms with Gasteiger partial charge in [0.05, 0.1) is 0 Å². The first-order valence-electron chi connectivity index (χ1n) is 6.73. The van der Waals surface area contributed by atoms with Crippen LogP contribution >= 0.6 is 15.9 Å². The maximum Gasteiger partial charge on any atom is 0.224 e. The minimum atomic E-state index is -3.28. The summed E-state index contributed by atoms with van der Waals surface area (Å²) >= 11 is 3.08. The van der Waals surface area contributed by atoms with Crippen LogP contribution in [-0.4, -0.2) is 23.9 Å². The summed E-state index contributed by atoms with van der Waals surface area (Å²) < 4.78 is 25.9. The van der Waals surface area contributed by atoms with Crippen molar-refractivity contribution in [2.24, 2.45) is 0 Å². The molecule has 0 aliphatic heterocycles. The predicted octanol–water partition coefficient (Wildman–Crippen LogP) is 3.41. The molecule has 0 N–H and O–H groups in total. The lowest BCUT2D eigenvalue weighted by atomic mass is 10.1. The minimum absolute atomic E-state index is 0.0539. The van der Waals surface area contributed by atoms with Gasteiger partial charge in [-0.25, -0.2) is 8.42 Å². The molecule has 0 spiro atoms. The van der Waals surface area contributed by atoms with Crippen LogP contribution in [0, 0.1) is 0 Å². The standard InChI is InChI=1S/C16H18BrNO2S/c17-14-21(19,20)18(13-16-9-5-2-6-10-16)12-11-15-7-3-1-4-8-15/h1-10H,11-14H2. The summed E-state index contributed by atoms with van der Waals surface area (Å²) in [5.41, 5.74) is 2.13. The van der Waals surface area contributed by atoms with Crippen molar-refractivity contribution >= 4 is 26.0 Å². The van der Waals surface area contributed by atoms with Gasteiger partial charge in [0.2, 0.25) is 10.0 Å². The number of hydrogen-bond acceptors (Lipinski definition) is 2. The lowest BCUT2D eigenvalue weighted by Crippen LogP contribution is -2.33. The lowest BCUT2D eigenvalue weighted by molar-refractivity contribution is 0.413. The molecular formula is C16H18BrNO2S. The second-order valence-electron chi connectivity index (χ2n) is 4.78. The number of nitrogens with zero attached hydrogens (tertiary/aromatic N) is 1. The SMILES string of the molecule is O=S(=O)(CBr)N(CCc1ccccc1)Cc1ccccc1. The topological polar surface area (TPSA) is 37.4 Å². The van der Waals surface area contributed by atoms with Crippen LogP contribution in [0.1, 0.15) is 11.1 Å². The van der Waals surface area contributed by atoms with E-state index in [0.717, 1.165) is 11.1 Å². The molecule has 5 heteroatoms. The van der Waals surface area contributed by atoms with Crippen LogP contribution in [0.2, 0.25) is 0 Å². The third-order valence-corrected chi connectivity index (χ3v) is 6.34. The van der Waals surface area contributed by atoms with E-state index < -0.39 is 10.0 Å². The molecular weight excluding hydrogens is 350 g/mol. The second kappa shape index (κ2) is 7.73. The van der Waals surface area contributed by atoms with Gasteiger partial charge in [0.1, 0.15) is 4.66 Å². The van der Waals surface area contributed by atoms with Crippen molar-refractivity contribution in [1.29, 1.82) is 0 Å². The highest BCUT2D eigenvalue weighted by Crippen LogP contribution is 2.13. The van der Waals surface area contributed by atoms with E-state index in [0.29, 0.717) is 19.5 Å². The molecule has 0 saturated carbocycles. The van der Waals surface area contributed by atoms with Gasteiger partial charge in [0.15, 0.2) is 0 Å².